The molecule has 1 fully saturated rings. The lowest BCUT2D eigenvalue weighted by atomic mass is 10.1. The second-order valence-corrected chi connectivity index (χ2v) is 7.65. The number of aryl methyl sites for hydroxylation is 1. The minimum Gasteiger partial charge on any atom is -0.336 e. The van der Waals surface area contributed by atoms with Crippen LogP contribution in [0.3, 0.4) is 0 Å². The predicted octanol–water partition coefficient (Wildman–Crippen LogP) is 3.28. The molecule has 0 saturated heterocycles. The van der Waals surface area contributed by atoms with Crippen molar-refractivity contribution in [2.45, 2.75) is 31.5 Å². The minimum absolute atomic E-state index is 0.0360. The largest absolute Gasteiger partial charge is 0.336 e. The van der Waals surface area contributed by atoms with Crippen LogP contribution >= 0.6 is 23.2 Å². The highest BCUT2D eigenvalue weighted by Crippen LogP contribution is 2.64. The minimum atomic E-state index is -1.03. The average molecular weight is 343 g/mol. The summed E-state index contributed by atoms with van der Waals surface area (Å²) in [6.45, 7) is 5.61. The van der Waals surface area contributed by atoms with Gasteiger partial charge in [0.2, 0.25) is 11.8 Å². The van der Waals surface area contributed by atoms with Gasteiger partial charge in [0.25, 0.3) is 0 Å². The number of alkyl halides is 2. The Balaban J connectivity index is 1.98. The molecule has 0 aromatic heterocycles. The zero-order valence-corrected chi connectivity index (χ0v) is 14.7. The first-order valence-corrected chi connectivity index (χ1v) is 7.83. The standard InChI is InChI=1S/C16H20Cl2N2O2/c1-10-6-5-7-12(11(10)2)19-13(21)8-20(4)14(22)15(3)9-16(15,17)18/h5-7H,8-9H2,1-4H3,(H,19,21). The van der Waals surface area contributed by atoms with Gasteiger partial charge in [0, 0.05) is 12.7 Å². The van der Waals surface area contributed by atoms with Gasteiger partial charge < -0.3 is 10.2 Å². The molecule has 1 aromatic carbocycles. The summed E-state index contributed by atoms with van der Waals surface area (Å²) in [5, 5.41) is 2.83. The van der Waals surface area contributed by atoms with Gasteiger partial charge in [-0.2, -0.15) is 0 Å². The number of nitrogens with zero attached hydrogens (tertiary/aromatic N) is 1. The van der Waals surface area contributed by atoms with Crippen molar-refractivity contribution in [3.8, 4) is 0 Å². The first kappa shape index (κ1) is 17.1. The Bertz CT molecular complexity index is 631. The SMILES string of the molecule is Cc1cccc(NC(=O)CN(C)C(=O)C2(C)CC2(Cl)Cl)c1C. The number of halogens is 2. The molecule has 6 heteroatoms. The number of likely N-dealkylation sites (N-methyl/N-ethyl adjacent to an activating group) is 1. The van der Waals surface area contributed by atoms with Gasteiger partial charge in [-0.3, -0.25) is 9.59 Å². The van der Waals surface area contributed by atoms with Gasteiger partial charge in [-0.25, -0.2) is 0 Å². The highest BCUT2D eigenvalue weighted by atomic mass is 35.5. The molecule has 0 heterocycles. The number of carbonyl (C=O) groups is 2. The molecule has 0 spiro atoms. The summed E-state index contributed by atoms with van der Waals surface area (Å²) >= 11 is 12.0. The van der Waals surface area contributed by atoms with Crippen LogP contribution in [0.1, 0.15) is 24.5 Å². The number of carbonyl (C=O) groups excluding carboxylic acids is 2. The van der Waals surface area contributed by atoms with Crippen molar-refractivity contribution in [3.63, 3.8) is 0 Å². The molecule has 120 valence electrons. The van der Waals surface area contributed by atoms with Gasteiger partial charge in [0.05, 0.1) is 12.0 Å². The van der Waals surface area contributed by atoms with Crippen LogP contribution < -0.4 is 5.32 Å². The van der Waals surface area contributed by atoms with Crippen molar-refractivity contribution >= 4 is 40.7 Å². The maximum atomic E-state index is 12.3. The van der Waals surface area contributed by atoms with Crippen molar-refractivity contribution in [2.24, 2.45) is 5.41 Å². The van der Waals surface area contributed by atoms with Crippen LogP contribution in [0.4, 0.5) is 5.69 Å². The molecule has 22 heavy (non-hydrogen) atoms. The molecule has 1 unspecified atom stereocenters. The Morgan fingerprint density at radius 1 is 1.32 bits per heavy atom. The molecule has 1 aliphatic rings. The summed E-state index contributed by atoms with van der Waals surface area (Å²) in [6.07, 6.45) is 0.408. The molecule has 1 N–H and O–H groups in total. The topological polar surface area (TPSA) is 49.4 Å². The summed E-state index contributed by atoms with van der Waals surface area (Å²) in [7, 11) is 1.58. The van der Waals surface area contributed by atoms with E-state index in [-0.39, 0.29) is 18.4 Å². The molecule has 1 aromatic rings. The van der Waals surface area contributed by atoms with E-state index < -0.39 is 9.75 Å². The fourth-order valence-corrected chi connectivity index (χ4v) is 3.11. The van der Waals surface area contributed by atoms with E-state index in [9.17, 15) is 9.59 Å². The van der Waals surface area contributed by atoms with Gasteiger partial charge >= 0.3 is 0 Å². The molecule has 0 aliphatic heterocycles. The van der Waals surface area contributed by atoms with Crippen LogP contribution in [0.2, 0.25) is 0 Å². The molecule has 1 atom stereocenters. The van der Waals surface area contributed by atoms with E-state index >= 15 is 0 Å². The average Bonchev–Trinajstić information content (AvgIpc) is 2.94. The summed E-state index contributed by atoms with van der Waals surface area (Å²) < 4.78 is -1.03. The first-order chi connectivity index (χ1) is 10.1. The van der Waals surface area contributed by atoms with Crippen LogP contribution in [0.5, 0.6) is 0 Å². The summed E-state index contributed by atoms with van der Waals surface area (Å²) in [5.41, 5.74) is 2.07. The smallest absolute Gasteiger partial charge is 0.243 e. The van der Waals surface area contributed by atoms with Crippen LogP contribution in [-0.2, 0) is 9.59 Å². The fourth-order valence-electron chi connectivity index (χ4n) is 2.42. The summed E-state index contributed by atoms with van der Waals surface area (Å²) in [5.74, 6) is -0.461. The van der Waals surface area contributed by atoms with Gasteiger partial charge in [-0.1, -0.05) is 12.1 Å². The molecular weight excluding hydrogens is 323 g/mol. The number of rotatable bonds is 4. The van der Waals surface area contributed by atoms with E-state index in [0.29, 0.717) is 6.42 Å². The number of amides is 2. The molecule has 2 amide bonds. The van der Waals surface area contributed by atoms with Crippen molar-refractivity contribution in [2.75, 3.05) is 18.9 Å². The zero-order chi connectivity index (χ0) is 16.7. The number of hydrogen-bond acceptors (Lipinski definition) is 2. The third-order valence-corrected chi connectivity index (χ3v) is 5.44. The van der Waals surface area contributed by atoms with E-state index in [0.717, 1.165) is 16.8 Å². The van der Waals surface area contributed by atoms with Crippen LogP contribution in [0, 0.1) is 19.3 Å². The van der Waals surface area contributed by atoms with E-state index in [2.05, 4.69) is 5.32 Å². The van der Waals surface area contributed by atoms with Gasteiger partial charge in [0.1, 0.15) is 4.33 Å². The van der Waals surface area contributed by atoms with Crippen molar-refractivity contribution in [3.05, 3.63) is 29.3 Å². The predicted molar refractivity (Wildman–Crippen MR) is 89.3 cm³/mol. The Morgan fingerprint density at radius 3 is 2.45 bits per heavy atom. The number of hydrogen-bond donors (Lipinski definition) is 1. The van der Waals surface area contributed by atoms with E-state index in [1.807, 2.05) is 32.0 Å². The van der Waals surface area contributed by atoms with E-state index in [1.165, 1.54) is 4.90 Å². The van der Waals surface area contributed by atoms with Crippen molar-refractivity contribution in [1.82, 2.24) is 4.90 Å². The third-order valence-electron chi connectivity index (χ3n) is 4.34. The maximum absolute atomic E-state index is 12.3. The lowest BCUT2D eigenvalue weighted by Crippen LogP contribution is -2.40. The molecule has 0 radical (unpaired) electrons. The highest BCUT2D eigenvalue weighted by molar-refractivity contribution is 6.53. The molecule has 4 nitrogen and oxygen atoms in total. The second kappa shape index (κ2) is 5.74. The quantitative estimate of drug-likeness (QED) is 0.853. The fraction of sp³-hybridized carbons (Fsp3) is 0.500. The number of nitrogens with one attached hydrogen (secondary N) is 1. The zero-order valence-electron chi connectivity index (χ0n) is 13.2. The maximum Gasteiger partial charge on any atom is 0.243 e. The molecule has 1 saturated carbocycles. The van der Waals surface area contributed by atoms with E-state index in [4.69, 9.17) is 23.2 Å². The van der Waals surface area contributed by atoms with Gasteiger partial charge in [0.15, 0.2) is 0 Å². The Labute approximate surface area is 140 Å². The van der Waals surface area contributed by atoms with Crippen molar-refractivity contribution in [1.29, 1.82) is 0 Å². The lowest BCUT2D eigenvalue weighted by Gasteiger charge is -2.22. The third kappa shape index (κ3) is 3.08. The monoisotopic (exact) mass is 342 g/mol. The first-order valence-electron chi connectivity index (χ1n) is 7.08. The number of benzene rings is 1. The second-order valence-electron chi connectivity index (χ2n) is 6.17. The van der Waals surface area contributed by atoms with Crippen molar-refractivity contribution < 1.29 is 9.59 Å². The molecule has 2 rings (SSSR count). The van der Waals surface area contributed by atoms with Crippen LogP contribution in [0.15, 0.2) is 18.2 Å². The van der Waals surface area contributed by atoms with Gasteiger partial charge in [-0.05, 0) is 44.4 Å². The highest BCUT2D eigenvalue weighted by Gasteiger charge is 2.68. The lowest BCUT2D eigenvalue weighted by molar-refractivity contribution is -0.137. The summed E-state index contributed by atoms with van der Waals surface area (Å²) in [4.78, 5) is 25.8. The van der Waals surface area contributed by atoms with Gasteiger partial charge in [-0.15, -0.1) is 23.2 Å². The Morgan fingerprint density at radius 2 is 1.91 bits per heavy atom. The Kier molecular flexibility index (Phi) is 4.46. The Hall–Kier alpha value is -1.26. The summed E-state index contributed by atoms with van der Waals surface area (Å²) in [6, 6.07) is 5.70. The number of anilines is 1. The van der Waals surface area contributed by atoms with E-state index in [1.54, 1.807) is 14.0 Å². The van der Waals surface area contributed by atoms with Crippen LogP contribution in [0.25, 0.3) is 0 Å². The van der Waals surface area contributed by atoms with Crippen LogP contribution in [-0.4, -0.2) is 34.6 Å². The molecule has 1 aliphatic carbocycles. The molecular formula is C16H20Cl2N2O2. The normalized spacial score (nSPS) is 22.1. The molecule has 0 bridgehead atoms.